The van der Waals surface area contributed by atoms with Gasteiger partial charge in [-0.2, -0.15) is 0 Å². The first-order valence-electron chi connectivity index (χ1n) is 9.75. The van der Waals surface area contributed by atoms with Crippen molar-refractivity contribution in [1.29, 1.82) is 0 Å². The highest BCUT2D eigenvalue weighted by Gasteiger charge is 2.30. The largest absolute Gasteiger partial charge is 0.486 e. The maximum absolute atomic E-state index is 12.6. The quantitative estimate of drug-likeness (QED) is 0.647. The van der Waals surface area contributed by atoms with Gasteiger partial charge in [0.2, 0.25) is 15.9 Å². The lowest BCUT2D eigenvalue weighted by atomic mass is 10.2. The van der Waals surface area contributed by atoms with Crippen molar-refractivity contribution < 1.29 is 22.7 Å². The topological polar surface area (TPSA) is 88.2 Å². The number of hydrogen-bond donors (Lipinski definition) is 1. The van der Waals surface area contributed by atoms with E-state index >= 15 is 0 Å². The Bertz CT molecular complexity index is 793. The first-order valence-corrected chi connectivity index (χ1v) is 11.6. The Morgan fingerprint density at radius 1 is 1.21 bits per heavy atom. The second-order valence-corrected chi connectivity index (χ2v) is 9.12. The number of rotatable bonds is 8. The molecule has 9 heteroatoms. The van der Waals surface area contributed by atoms with Gasteiger partial charge in [0, 0.05) is 12.6 Å². The van der Waals surface area contributed by atoms with Gasteiger partial charge < -0.3 is 19.7 Å². The van der Waals surface area contributed by atoms with E-state index < -0.39 is 16.1 Å². The van der Waals surface area contributed by atoms with Crippen molar-refractivity contribution in [3.05, 3.63) is 18.2 Å². The molecule has 0 aromatic heterocycles. The van der Waals surface area contributed by atoms with Crippen LogP contribution in [0.1, 0.15) is 26.2 Å². The van der Waals surface area contributed by atoms with E-state index in [0.717, 1.165) is 36.6 Å². The van der Waals surface area contributed by atoms with Gasteiger partial charge in [0.05, 0.1) is 11.9 Å². The van der Waals surface area contributed by atoms with Crippen molar-refractivity contribution >= 4 is 21.6 Å². The van der Waals surface area contributed by atoms with Crippen LogP contribution in [0.25, 0.3) is 0 Å². The van der Waals surface area contributed by atoms with E-state index in [9.17, 15) is 13.2 Å². The number of ether oxygens (including phenoxy) is 2. The van der Waals surface area contributed by atoms with Gasteiger partial charge in [-0.05, 0) is 58.0 Å². The summed E-state index contributed by atoms with van der Waals surface area (Å²) in [6, 6.07) is 4.03. The summed E-state index contributed by atoms with van der Waals surface area (Å²) in [6.45, 7) is 6.17. The lowest BCUT2D eigenvalue weighted by Crippen LogP contribution is -2.48. The molecule has 1 atom stereocenters. The Labute approximate surface area is 166 Å². The second kappa shape index (κ2) is 9.00. The van der Waals surface area contributed by atoms with Crippen LogP contribution < -0.4 is 19.1 Å². The number of carbonyl (C=O) groups excluding carboxylic acids is 1. The molecule has 156 valence electrons. The van der Waals surface area contributed by atoms with Crippen molar-refractivity contribution in [3.63, 3.8) is 0 Å². The van der Waals surface area contributed by atoms with Gasteiger partial charge >= 0.3 is 0 Å². The fraction of sp³-hybridized carbons (Fsp3) is 0.632. The summed E-state index contributed by atoms with van der Waals surface area (Å²) >= 11 is 0. The Hall–Kier alpha value is -2.00. The number of amides is 1. The van der Waals surface area contributed by atoms with Gasteiger partial charge in [0.25, 0.3) is 0 Å². The SMILES string of the molecule is C[C@@H](C(=O)NCCCN1CCCC1)N(c1ccc2c(c1)OCCO2)S(C)(=O)=O. The monoisotopic (exact) mass is 411 g/mol. The number of anilines is 1. The van der Waals surface area contributed by atoms with Crippen LogP contribution in [0.15, 0.2) is 18.2 Å². The highest BCUT2D eigenvalue weighted by Crippen LogP contribution is 2.35. The maximum atomic E-state index is 12.6. The number of nitrogens with zero attached hydrogens (tertiary/aromatic N) is 2. The third-order valence-corrected chi connectivity index (χ3v) is 6.26. The molecule has 1 saturated heterocycles. The highest BCUT2D eigenvalue weighted by molar-refractivity contribution is 7.92. The summed E-state index contributed by atoms with van der Waals surface area (Å²) in [5.74, 6) is 0.736. The number of sulfonamides is 1. The molecule has 8 nitrogen and oxygen atoms in total. The molecular weight excluding hydrogens is 382 g/mol. The average molecular weight is 412 g/mol. The standard InChI is InChI=1S/C19H29N3O5S/c1-15(19(23)20-8-5-11-21-9-3-4-10-21)22(28(2,24)25)16-6-7-17-18(14-16)27-13-12-26-17/h6-7,14-15H,3-5,8-13H2,1-2H3,(H,20,23)/t15-/m0/s1. The fourth-order valence-corrected chi connectivity index (χ4v) is 4.81. The van der Waals surface area contributed by atoms with Gasteiger partial charge in [-0.15, -0.1) is 0 Å². The molecule has 0 saturated carbocycles. The Balaban J connectivity index is 1.64. The Morgan fingerprint density at radius 3 is 2.57 bits per heavy atom. The average Bonchev–Trinajstić information content (AvgIpc) is 3.17. The molecular formula is C19H29N3O5S. The molecule has 1 N–H and O–H groups in total. The summed E-state index contributed by atoms with van der Waals surface area (Å²) in [6.07, 6.45) is 4.42. The predicted octanol–water partition coefficient (Wildman–Crippen LogP) is 1.21. The number of hydrogen-bond acceptors (Lipinski definition) is 6. The van der Waals surface area contributed by atoms with Crippen molar-refractivity contribution in [3.8, 4) is 11.5 Å². The van der Waals surface area contributed by atoms with Gasteiger partial charge in [-0.1, -0.05) is 0 Å². The molecule has 3 rings (SSSR count). The molecule has 1 aromatic carbocycles. The molecule has 0 aliphatic carbocycles. The number of nitrogens with one attached hydrogen (secondary N) is 1. The summed E-state index contributed by atoms with van der Waals surface area (Å²) in [4.78, 5) is 15.0. The maximum Gasteiger partial charge on any atom is 0.243 e. The van der Waals surface area contributed by atoms with E-state index in [0.29, 0.717) is 36.9 Å². The molecule has 2 aliphatic heterocycles. The second-order valence-electron chi connectivity index (χ2n) is 7.26. The summed E-state index contributed by atoms with van der Waals surface area (Å²) in [5, 5.41) is 2.86. The minimum atomic E-state index is -3.66. The summed E-state index contributed by atoms with van der Waals surface area (Å²) in [5.41, 5.74) is 0.381. The zero-order valence-electron chi connectivity index (χ0n) is 16.5. The van der Waals surface area contributed by atoms with Crippen LogP contribution in [-0.4, -0.2) is 70.9 Å². The zero-order valence-corrected chi connectivity index (χ0v) is 17.3. The van der Waals surface area contributed by atoms with Crippen LogP contribution in [0.3, 0.4) is 0 Å². The third kappa shape index (κ3) is 5.08. The number of fused-ring (bicyclic) bond motifs is 1. The summed E-state index contributed by atoms with van der Waals surface area (Å²) < 4.78 is 37.0. The third-order valence-electron chi connectivity index (χ3n) is 5.02. The molecule has 0 radical (unpaired) electrons. The van der Waals surface area contributed by atoms with Crippen molar-refractivity contribution in [2.24, 2.45) is 0 Å². The van der Waals surface area contributed by atoms with E-state index in [1.807, 2.05) is 0 Å². The van der Waals surface area contributed by atoms with Gasteiger partial charge in [-0.25, -0.2) is 8.42 Å². The Kier molecular flexibility index (Phi) is 6.66. The van der Waals surface area contributed by atoms with Crippen LogP contribution in [-0.2, 0) is 14.8 Å². The zero-order chi connectivity index (χ0) is 20.1. The molecule has 1 amide bonds. The molecule has 0 unspecified atom stereocenters. The molecule has 0 bridgehead atoms. The molecule has 1 fully saturated rings. The van der Waals surface area contributed by atoms with Crippen molar-refractivity contribution in [2.75, 3.05) is 50.0 Å². The van der Waals surface area contributed by atoms with Gasteiger partial charge in [0.1, 0.15) is 19.3 Å². The molecule has 1 aromatic rings. The van der Waals surface area contributed by atoms with Gasteiger partial charge in [0.15, 0.2) is 11.5 Å². The first kappa shape index (κ1) is 20.7. The molecule has 0 spiro atoms. The van der Waals surface area contributed by atoms with Gasteiger partial charge in [-0.3, -0.25) is 9.10 Å². The number of carbonyl (C=O) groups is 1. The highest BCUT2D eigenvalue weighted by atomic mass is 32.2. The number of likely N-dealkylation sites (tertiary alicyclic amines) is 1. The predicted molar refractivity (Wildman–Crippen MR) is 108 cm³/mol. The molecule has 2 heterocycles. The van der Waals surface area contributed by atoms with Crippen LogP contribution in [0, 0.1) is 0 Å². The minimum Gasteiger partial charge on any atom is -0.486 e. The Morgan fingerprint density at radius 2 is 1.89 bits per heavy atom. The summed E-state index contributed by atoms with van der Waals surface area (Å²) in [7, 11) is -3.66. The van der Waals surface area contributed by atoms with E-state index in [1.165, 1.54) is 12.8 Å². The molecule has 28 heavy (non-hydrogen) atoms. The van der Waals surface area contributed by atoms with Crippen LogP contribution in [0.2, 0.25) is 0 Å². The lowest BCUT2D eigenvalue weighted by Gasteiger charge is -2.29. The minimum absolute atomic E-state index is 0.318. The van der Waals surface area contributed by atoms with Crippen LogP contribution in [0.4, 0.5) is 5.69 Å². The fourth-order valence-electron chi connectivity index (χ4n) is 3.65. The van der Waals surface area contributed by atoms with Crippen molar-refractivity contribution in [2.45, 2.75) is 32.2 Å². The first-order chi connectivity index (χ1) is 13.4. The number of benzene rings is 1. The van der Waals surface area contributed by atoms with Crippen LogP contribution in [0.5, 0.6) is 11.5 Å². The van der Waals surface area contributed by atoms with E-state index in [4.69, 9.17) is 9.47 Å². The van der Waals surface area contributed by atoms with E-state index in [1.54, 1.807) is 25.1 Å². The van der Waals surface area contributed by atoms with E-state index in [-0.39, 0.29) is 5.91 Å². The van der Waals surface area contributed by atoms with E-state index in [2.05, 4.69) is 10.2 Å². The van der Waals surface area contributed by atoms with Crippen LogP contribution >= 0.6 is 0 Å². The smallest absolute Gasteiger partial charge is 0.243 e. The normalized spacial score (nSPS) is 17.9. The lowest BCUT2D eigenvalue weighted by molar-refractivity contribution is -0.121. The molecule has 2 aliphatic rings. The van der Waals surface area contributed by atoms with Crippen molar-refractivity contribution in [1.82, 2.24) is 10.2 Å².